The number of nitrogens with one attached hydrogen (secondary N) is 2. The summed E-state index contributed by atoms with van der Waals surface area (Å²) in [6, 6.07) is 11.8. The Morgan fingerprint density at radius 3 is 2.53 bits per heavy atom. The van der Waals surface area contributed by atoms with E-state index < -0.39 is 22.8 Å². The number of thiocarbonyl (C=S) groups is 1. The molecule has 32 heavy (non-hydrogen) atoms. The Morgan fingerprint density at radius 2 is 1.94 bits per heavy atom. The van der Waals surface area contributed by atoms with Gasteiger partial charge in [0.05, 0.1) is 23.6 Å². The van der Waals surface area contributed by atoms with E-state index in [4.69, 9.17) is 17.0 Å². The second-order valence-electron chi connectivity index (χ2n) is 7.00. The number of hydrogen-bond donors (Lipinski definition) is 2. The molecule has 0 radical (unpaired) electrons. The molecule has 166 valence electrons. The lowest BCUT2D eigenvalue weighted by Crippen LogP contribution is -2.47. The second-order valence-corrected chi connectivity index (χ2v) is 7.39. The zero-order chi connectivity index (χ0) is 23.4. The van der Waals surface area contributed by atoms with E-state index in [1.807, 2.05) is 24.8 Å². The Labute approximate surface area is 190 Å². The van der Waals surface area contributed by atoms with E-state index in [1.54, 1.807) is 18.2 Å². The topological polar surface area (TPSA) is 114 Å². The van der Waals surface area contributed by atoms with Crippen molar-refractivity contribution in [3.05, 3.63) is 81.0 Å². The predicted octanol–water partition coefficient (Wildman–Crippen LogP) is 3.55. The SMILES string of the molecule is CCN1C(=S)N[C@H](c2cccc(NC(=O)c3ccc([N+](=O)[O-])cc3)c2)C(C(=O)OC)=C1C. The molecule has 10 heteroatoms. The zero-order valence-corrected chi connectivity index (χ0v) is 18.6. The highest BCUT2D eigenvalue weighted by atomic mass is 32.1. The molecule has 0 aromatic heterocycles. The Hall–Kier alpha value is -3.79. The molecule has 1 atom stereocenters. The monoisotopic (exact) mass is 454 g/mol. The molecule has 2 aromatic carbocycles. The van der Waals surface area contributed by atoms with Crippen LogP contribution < -0.4 is 10.6 Å². The number of anilines is 1. The zero-order valence-electron chi connectivity index (χ0n) is 17.7. The first kappa shape index (κ1) is 22.9. The standard InChI is InChI=1S/C22H22N4O5S/c1-4-25-13(2)18(21(28)31-3)19(24-22(25)32)15-6-5-7-16(12-15)23-20(27)14-8-10-17(11-9-14)26(29)30/h5-12,19H,4H2,1-3H3,(H,23,27)(H,24,32)/t19-/m1/s1. The van der Waals surface area contributed by atoms with Crippen molar-refractivity contribution < 1.29 is 19.2 Å². The Bertz CT molecular complexity index is 1110. The maximum Gasteiger partial charge on any atom is 0.337 e. The Morgan fingerprint density at radius 1 is 1.25 bits per heavy atom. The molecule has 2 aromatic rings. The first-order valence-electron chi connectivity index (χ1n) is 9.79. The van der Waals surface area contributed by atoms with Crippen LogP contribution in [0.2, 0.25) is 0 Å². The lowest BCUT2D eigenvalue weighted by atomic mass is 9.94. The van der Waals surface area contributed by atoms with Gasteiger partial charge in [0.2, 0.25) is 0 Å². The van der Waals surface area contributed by atoms with Gasteiger partial charge in [-0.25, -0.2) is 4.79 Å². The third-order valence-electron chi connectivity index (χ3n) is 5.14. The number of benzene rings is 2. The summed E-state index contributed by atoms with van der Waals surface area (Å²) in [6.45, 7) is 4.34. The number of carbonyl (C=O) groups excluding carboxylic acids is 2. The number of ether oxygens (including phenoxy) is 1. The molecule has 0 aliphatic carbocycles. The summed E-state index contributed by atoms with van der Waals surface area (Å²) in [6.07, 6.45) is 0. The molecule has 0 saturated carbocycles. The number of carbonyl (C=O) groups is 2. The summed E-state index contributed by atoms with van der Waals surface area (Å²) in [5, 5.41) is 17.2. The first-order chi connectivity index (χ1) is 15.3. The van der Waals surface area contributed by atoms with E-state index in [2.05, 4.69) is 10.6 Å². The van der Waals surface area contributed by atoms with E-state index in [0.29, 0.717) is 34.2 Å². The molecule has 1 heterocycles. The van der Waals surface area contributed by atoms with Crippen molar-refractivity contribution >= 4 is 40.6 Å². The van der Waals surface area contributed by atoms with E-state index in [1.165, 1.54) is 31.4 Å². The summed E-state index contributed by atoms with van der Waals surface area (Å²) >= 11 is 5.46. The van der Waals surface area contributed by atoms with Crippen LogP contribution in [0.15, 0.2) is 59.8 Å². The molecule has 0 unspecified atom stereocenters. The van der Waals surface area contributed by atoms with Crippen LogP contribution in [0.4, 0.5) is 11.4 Å². The highest BCUT2D eigenvalue weighted by Crippen LogP contribution is 2.32. The highest BCUT2D eigenvalue weighted by Gasteiger charge is 2.34. The summed E-state index contributed by atoms with van der Waals surface area (Å²) in [7, 11) is 1.32. The number of methoxy groups -OCH3 is 1. The molecule has 0 spiro atoms. The van der Waals surface area contributed by atoms with Crippen LogP contribution in [0.25, 0.3) is 0 Å². The molecule has 2 N–H and O–H groups in total. The van der Waals surface area contributed by atoms with E-state index in [0.717, 1.165) is 0 Å². The lowest BCUT2D eigenvalue weighted by Gasteiger charge is -2.37. The van der Waals surface area contributed by atoms with Crippen molar-refractivity contribution in [1.29, 1.82) is 0 Å². The predicted molar refractivity (Wildman–Crippen MR) is 123 cm³/mol. The van der Waals surface area contributed by atoms with Crippen LogP contribution in [-0.4, -0.2) is 40.5 Å². The first-order valence-corrected chi connectivity index (χ1v) is 10.2. The van der Waals surface area contributed by atoms with Crippen LogP contribution in [0, 0.1) is 10.1 Å². The molecule has 0 saturated heterocycles. The summed E-state index contributed by atoms with van der Waals surface area (Å²) in [5.41, 5.74) is 2.53. The molecule has 0 fully saturated rings. The summed E-state index contributed by atoms with van der Waals surface area (Å²) in [4.78, 5) is 37.2. The number of nitrogens with zero attached hydrogens (tertiary/aromatic N) is 2. The molecule has 3 rings (SSSR count). The van der Waals surface area contributed by atoms with Gasteiger partial charge < -0.3 is 20.3 Å². The smallest absolute Gasteiger partial charge is 0.337 e. The van der Waals surface area contributed by atoms with Crippen molar-refractivity contribution in [3.8, 4) is 0 Å². The minimum absolute atomic E-state index is 0.0958. The lowest BCUT2D eigenvalue weighted by molar-refractivity contribution is -0.384. The average Bonchev–Trinajstić information content (AvgIpc) is 2.78. The average molecular weight is 455 g/mol. The summed E-state index contributed by atoms with van der Waals surface area (Å²) in [5.74, 6) is -0.887. The van der Waals surface area contributed by atoms with Gasteiger partial charge in [-0.15, -0.1) is 0 Å². The van der Waals surface area contributed by atoms with Crippen LogP contribution in [0.3, 0.4) is 0 Å². The number of rotatable bonds is 6. The van der Waals surface area contributed by atoms with Gasteiger partial charge in [0.25, 0.3) is 11.6 Å². The van der Waals surface area contributed by atoms with Crippen LogP contribution in [0.5, 0.6) is 0 Å². The van der Waals surface area contributed by atoms with Gasteiger partial charge in [0.15, 0.2) is 5.11 Å². The van der Waals surface area contributed by atoms with E-state index in [-0.39, 0.29) is 11.3 Å². The van der Waals surface area contributed by atoms with Crippen molar-refractivity contribution in [2.45, 2.75) is 19.9 Å². The number of non-ortho nitro benzene ring substituents is 1. The Balaban J connectivity index is 1.89. The molecule has 1 aliphatic heterocycles. The molecule has 9 nitrogen and oxygen atoms in total. The fraction of sp³-hybridized carbons (Fsp3) is 0.227. The Kier molecular flexibility index (Phi) is 6.84. The van der Waals surface area contributed by atoms with Crippen molar-refractivity contribution in [3.63, 3.8) is 0 Å². The van der Waals surface area contributed by atoms with Crippen LogP contribution >= 0.6 is 12.2 Å². The van der Waals surface area contributed by atoms with Crippen molar-refractivity contribution in [2.75, 3.05) is 19.0 Å². The van der Waals surface area contributed by atoms with Gasteiger partial charge in [-0.1, -0.05) is 12.1 Å². The fourth-order valence-electron chi connectivity index (χ4n) is 3.52. The molecule has 1 amide bonds. The number of hydrogen-bond acceptors (Lipinski definition) is 6. The number of allylic oxidation sites excluding steroid dienone is 1. The second kappa shape index (κ2) is 9.56. The van der Waals surface area contributed by atoms with E-state index >= 15 is 0 Å². The number of nitro groups is 1. The number of esters is 1. The van der Waals surface area contributed by atoms with Gasteiger partial charge in [0, 0.05) is 35.6 Å². The van der Waals surface area contributed by atoms with E-state index in [9.17, 15) is 19.7 Å². The van der Waals surface area contributed by atoms with Gasteiger partial charge in [-0.05, 0) is 55.9 Å². The van der Waals surface area contributed by atoms with Crippen LogP contribution in [-0.2, 0) is 9.53 Å². The van der Waals surface area contributed by atoms with Gasteiger partial charge in [-0.2, -0.15) is 0 Å². The number of amides is 1. The molecular formula is C22H22N4O5S. The molecule has 1 aliphatic rings. The van der Waals surface area contributed by atoms with Crippen molar-refractivity contribution in [1.82, 2.24) is 10.2 Å². The van der Waals surface area contributed by atoms with Gasteiger partial charge in [0.1, 0.15) is 0 Å². The van der Waals surface area contributed by atoms with Crippen molar-refractivity contribution in [2.24, 2.45) is 0 Å². The quantitative estimate of drug-likeness (QED) is 0.295. The minimum Gasteiger partial charge on any atom is -0.466 e. The fourth-order valence-corrected chi connectivity index (χ4v) is 3.90. The maximum atomic E-state index is 12.6. The third kappa shape index (κ3) is 4.59. The number of nitro benzene ring substituents is 1. The van der Waals surface area contributed by atoms with Gasteiger partial charge >= 0.3 is 5.97 Å². The summed E-state index contributed by atoms with van der Waals surface area (Å²) < 4.78 is 4.99. The minimum atomic E-state index is -0.547. The highest BCUT2D eigenvalue weighted by molar-refractivity contribution is 7.80. The van der Waals surface area contributed by atoms with Crippen LogP contribution in [0.1, 0.15) is 35.8 Å². The normalized spacial score (nSPS) is 15.8. The maximum absolute atomic E-state index is 12.6. The molecule has 0 bridgehead atoms. The molecular weight excluding hydrogens is 432 g/mol. The largest absolute Gasteiger partial charge is 0.466 e. The third-order valence-corrected chi connectivity index (χ3v) is 5.47. The van der Waals surface area contributed by atoms with Gasteiger partial charge in [-0.3, -0.25) is 14.9 Å².